The van der Waals surface area contributed by atoms with E-state index < -0.39 is 11.5 Å². The average molecular weight is 490 g/mol. The van der Waals surface area contributed by atoms with Crippen LogP contribution in [-0.4, -0.2) is 47.7 Å². The van der Waals surface area contributed by atoms with Crippen molar-refractivity contribution < 1.29 is 19.1 Å². The first-order valence-corrected chi connectivity index (χ1v) is 11.6. The molecule has 10 heteroatoms. The van der Waals surface area contributed by atoms with E-state index >= 15 is 0 Å². The fourth-order valence-electron chi connectivity index (χ4n) is 3.44. The van der Waals surface area contributed by atoms with E-state index in [2.05, 4.69) is 21.0 Å². The van der Waals surface area contributed by atoms with Gasteiger partial charge in [0.05, 0.1) is 12.8 Å². The lowest BCUT2D eigenvalue weighted by molar-refractivity contribution is -0.122. The highest BCUT2D eigenvalue weighted by Gasteiger charge is 2.29. The van der Waals surface area contributed by atoms with Gasteiger partial charge in [0, 0.05) is 41.9 Å². The third-order valence-corrected chi connectivity index (χ3v) is 5.64. The number of rotatable bonds is 10. The van der Waals surface area contributed by atoms with Crippen molar-refractivity contribution in [3.63, 3.8) is 0 Å². The number of methoxy groups -OCH3 is 1. The van der Waals surface area contributed by atoms with Gasteiger partial charge in [-0.05, 0) is 67.4 Å². The molecule has 1 heterocycles. The third kappa shape index (κ3) is 6.56. The molecular weight excluding hydrogens is 462 g/mol. The van der Waals surface area contributed by atoms with Crippen molar-refractivity contribution in [2.75, 3.05) is 25.5 Å². The first-order valence-electron chi connectivity index (χ1n) is 11.6. The molecule has 1 aliphatic rings. The maximum Gasteiger partial charge on any atom is 0.267 e. The molecule has 1 saturated carbocycles. The van der Waals surface area contributed by atoms with E-state index in [0.717, 1.165) is 23.1 Å². The Morgan fingerprint density at radius 1 is 0.944 bits per heavy atom. The molecule has 0 atom stereocenters. The Hall–Kier alpha value is -4.47. The molecule has 186 valence electrons. The van der Waals surface area contributed by atoms with Gasteiger partial charge in [0.1, 0.15) is 12.3 Å². The van der Waals surface area contributed by atoms with Gasteiger partial charge in [0.25, 0.3) is 11.5 Å². The lowest BCUT2D eigenvalue weighted by atomic mass is 10.1. The average Bonchev–Trinajstić information content (AvgIpc) is 3.74. The number of carbonyl (C=O) groups excluding carboxylic acids is 3. The Balaban J connectivity index is 1.23. The van der Waals surface area contributed by atoms with E-state index in [9.17, 15) is 19.2 Å². The number of hydrogen-bond acceptors (Lipinski definition) is 6. The Morgan fingerprint density at radius 3 is 2.31 bits per heavy atom. The first-order chi connectivity index (χ1) is 17.4. The highest BCUT2D eigenvalue weighted by atomic mass is 16.5. The van der Waals surface area contributed by atoms with Crippen molar-refractivity contribution in [2.24, 2.45) is 5.92 Å². The van der Waals surface area contributed by atoms with E-state index in [1.807, 2.05) is 12.1 Å². The monoisotopic (exact) mass is 489 g/mol. The summed E-state index contributed by atoms with van der Waals surface area (Å²) >= 11 is 0. The van der Waals surface area contributed by atoms with E-state index in [0.29, 0.717) is 22.7 Å². The van der Waals surface area contributed by atoms with Crippen LogP contribution in [0.1, 0.15) is 23.2 Å². The highest BCUT2D eigenvalue weighted by molar-refractivity contribution is 5.96. The molecule has 0 saturated heterocycles. The van der Waals surface area contributed by atoms with Crippen LogP contribution in [0.2, 0.25) is 0 Å². The molecule has 2 aromatic carbocycles. The number of hydrogen-bond donors (Lipinski definition) is 3. The summed E-state index contributed by atoms with van der Waals surface area (Å²) in [5.41, 5.74) is 2.03. The second kappa shape index (κ2) is 11.3. The zero-order valence-electron chi connectivity index (χ0n) is 19.8. The van der Waals surface area contributed by atoms with Gasteiger partial charge >= 0.3 is 0 Å². The summed E-state index contributed by atoms with van der Waals surface area (Å²) in [5.74, 6) is 0.117. The molecule has 1 aromatic heterocycles. The fraction of sp³-hybridized carbons (Fsp3) is 0.269. The number of benzene rings is 2. The van der Waals surface area contributed by atoms with Crippen molar-refractivity contribution in [3.05, 3.63) is 76.6 Å². The first kappa shape index (κ1) is 24.6. The van der Waals surface area contributed by atoms with E-state index in [1.165, 1.54) is 6.07 Å². The van der Waals surface area contributed by atoms with Crippen molar-refractivity contribution in [1.29, 1.82) is 0 Å². The standard InChI is InChI=1S/C26H27N5O5/c1-36-21-10-6-17(7-11-21)22-12-13-24(33)31(30-22)16-23(32)27-14-15-28-25(34)18-4-8-20(9-5-18)29-26(35)19-2-3-19/h4-13,19H,2-3,14-16H2,1H3,(H,27,32)(H,28,34)(H,29,35). The molecule has 3 N–H and O–H groups in total. The van der Waals surface area contributed by atoms with Gasteiger partial charge in [-0.2, -0.15) is 5.10 Å². The molecule has 1 fully saturated rings. The Morgan fingerprint density at radius 2 is 1.64 bits per heavy atom. The van der Waals surface area contributed by atoms with Gasteiger partial charge in [-0.3, -0.25) is 19.2 Å². The molecular formula is C26H27N5O5. The molecule has 0 spiro atoms. The zero-order valence-corrected chi connectivity index (χ0v) is 19.8. The van der Waals surface area contributed by atoms with Crippen molar-refractivity contribution in [1.82, 2.24) is 20.4 Å². The third-order valence-electron chi connectivity index (χ3n) is 5.64. The smallest absolute Gasteiger partial charge is 0.267 e. The topological polar surface area (TPSA) is 131 Å². The number of nitrogens with one attached hydrogen (secondary N) is 3. The Labute approximate surface area is 207 Å². The molecule has 0 radical (unpaired) electrons. The summed E-state index contributed by atoms with van der Waals surface area (Å²) in [6.07, 6.45) is 1.85. The molecule has 10 nitrogen and oxygen atoms in total. The summed E-state index contributed by atoms with van der Waals surface area (Å²) in [5, 5.41) is 12.5. The van der Waals surface area contributed by atoms with Crippen LogP contribution in [0.5, 0.6) is 5.75 Å². The Bertz CT molecular complexity index is 1300. The van der Waals surface area contributed by atoms with Crippen LogP contribution in [0.3, 0.4) is 0 Å². The molecule has 0 aliphatic heterocycles. The van der Waals surface area contributed by atoms with Crippen LogP contribution < -0.4 is 26.2 Å². The van der Waals surface area contributed by atoms with E-state index in [-0.39, 0.29) is 37.4 Å². The molecule has 1 aliphatic carbocycles. The normalized spacial score (nSPS) is 12.5. The van der Waals surface area contributed by atoms with Crippen molar-refractivity contribution >= 4 is 23.4 Å². The van der Waals surface area contributed by atoms with Crippen LogP contribution >= 0.6 is 0 Å². The molecule has 4 rings (SSSR count). The van der Waals surface area contributed by atoms with Crippen molar-refractivity contribution in [2.45, 2.75) is 19.4 Å². The van der Waals surface area contributed by atoms with Gasteiger partial charge in [0.2, 0.25) is 11.8 Å². The zero-order chi connectivity index (χ0) is 25.5. The van der Waals surface area contributed by atoms with E-state index in [1.54, 1.807) is 49.6 Å². The van der Waals surface area contributed by atoms with Gasteiger partial charge in [-0.25, -0.2) is 4.68 Å². The van der Waals surface area contributed by atoms with Gasteiger partial charge in [-0.1, -0.05) is 0 Å². The molecule has 0 bridgehead atoms. The predicted molar refractivity (Wildman–Crippen MR) is 134 cm³/mol. The largest absolute Gasteiger partial charge is 0.497 e. The number of nitrogens with zero attached hydrogens (tertiary/aromatic N) is 2. The van der Waals surface area contributed by atoms with Crippen LogP contribution in [-0.2, 0) is 16.1 Å². The summed E-state index contributed by atoms with van der Waals surface area (Å²) in [7, 11) is 1.58. The summed E-state index contributed by atoms with van der Waals surface area (Å²) < 4.78 is 6.24. The summed E-state index contributed by atoms with van der Waals surface area (Å²) in [4.78, 5) is 48.6. The number of carbonyl (C=O) groups is 3. The van der Waals surface area contributed by atoms with Crippen LogP contribution in [0, 0.1) is 5.92 Å². The van der Waals surface area contributed by atoms with Gasteiger partial charge < -0.3 is 20.7 Å². The number of aromatic nitrogens is 2. The maximum atomic E-state index is 12.3. The summed E-state index contributed by atoms with van der Waals surface area (Å²) in [6, 6.07) is 16.8. The van der Waals surface area contributed by atoms with Crippen LogP contribution in [0.4, 0.5) is 5.69 Å². The second-order valence-corrected chi connectivity index (χ2v) is 8.39. The highest BCUT2D eigenvalue weighted by Crippen LogP contribution is 2.30. The van der Waals surface area contributed by atoms with E-state index in [4.69, 9.17) is 4.74 Å². The lowest BCUT2D eigenvalue weighted by Gasteiger charge is -2.10. The fourth-order valence-corrected chi connectivity index (χ4v) is 3.44. The number of ether oxygens (including phenoxy) is 1. The molecule has 36 heavy (non-hydrogen) atoms. The molecule has 0 unspecified atom stereocenters. The second-order valence-electron chi connectivity index (χ2n) is 8.39. The minimum Gasteiger partial charge on any atom is -0.497 e. The van der Waals surface area contributed by atoms with Crippen LogP contribution in [0.15, 0.2) is 65.5 Å². The van der Waals surface area contributed by atoms with Crippen molar-refractivity contribution in [3.8, 4) is 17.0 Å². The minimum absolute atomic E-state index is 0.00728. The summed E-state index contributed by atoms with van der Waals surface area (Å²) in [6.45, 7) is 0.150. The maximum absolute atomic E-state index is 12.3. The molecule has 3 amide bonds. The SMILES string of the molecule is COc1ccc(-c2ccc(=O)n(CC(=O)NCCNC(=O)c3ccc(NC(=O)C4CC4)cc3)n2)cc1. The van der Waals surface area contributed by atoms with Crippen LogP contribution in [0.25, 0.3) is 11.3 Å². The number of amides is 3. The quantitative estimate of drug-likeness (QED) is 0.372. The van der Waals surface area contributed by atoms with Gasteiger partial charge in [0.15, 0.2) is 0 Å². The predicted octanol–water partition coefficient (Wildman–Crippen LogP) is 1.81. The minimum atomic E-state index is -0.401. The number of anilines is 1. The molecule has 3 aromatic rings. The lowest BCUT2D eigenvalue weighted by Crippen LogP contribution is -2.38. The van der Waals surface area contributed by atoms with Gasteiger partial charge in [-0.15, -0.1) is 0 Å². The Kier molecular flexibility index (Phi) is 7.74.